The molecule has 0 unspecified atom stereocenters. The molecule has 4 nitrogen and oxygen atoms in total. The van der Waals surface area contributed by atoms with Crippen LogP contribution in [0.3, 0.4) is 0 Å². The number of nitrogens with zero attached hydrogens (tertiary/aromatic N) is 4. The molecule has 3 rings (SSSR count). The van der Waals surface area contributed by atoms with Gasteiger partial charge in [-0.25, -0.2) is 9.97 Å². The number of thiophene rings is 1. The molecule has 7 heteroatoms. The van der Waals surface area contributed by atoms with Crippen molar-refractivity contribution in [1.29, 1.82) is 0 Å². The summed E-state index contributed by atoms with van der Waals surface area (Å²) in [7, 11) is 0. The summed E-state index contributed by atoms with van der Waals surface area (Å²) in [5, 5.41) is 9.41. The van der Waals surface area contributed by atoms with Crippen molar-refractivity contribution in [3.8, 4) is 0 Å². The number of hydrogen-bond donors (Lipinski definition) is 0. The van der Waals surface area contributed by atoms with Gasteiger partial charge in [0.2, 0.25) is 0 Å². The van der Waals surface area contributed by atoms with Gasteiger partial charge in [-0.3, -0.25) is 0 Å². The molecule has 0 N–H and O–H groups in total. The fourth-order valence-corrected chi connectivity index (χ4v) is 2.63. The topological polar surface area (TPSA) is 51.6 Å². The van der Waals surface area contributed by atoms with E-state index in [0.717, 1.165) is 31.7 Å². The molecule has 90 valence electrons. The van der Waals surface area contributed by atoms with Crippen LogP contribution >= 0.6 is 36.2 Å². The van der Waals surface area contributed by atoms with Crippen molar-refractivity contribution in [2.24, 2.45) is 0 Å². The number of aryl methyl sites for hydroxylation is 2. The molecule has 3 heterocycles. The van der Waals surface area contributed by atoms with Gasteiger partial charge in [-0.05, 0) is 19.4 Å². The summed E-state index contributed by atoms with van der Waals surface area (Å²) in [6.07, 6.45) is 3.40. The smallest absolute Gasteiger partial charge is 0.149 e. The van der Waals surface area contributed by atoms with Crippen LogP contribution in [0.2, 0.25) is 0 Å². The normalized spacial score (nSPS) is 10.0. The van der Waals surface area contributed by atoms with Crippen LogP contribution in [0.4, 0.5) is 0 Å². The number of aromatic nitrogens is 4. The van der Waals surface area contributed by atoms with Crippen LogP contribution < -0.4 is 0 Å². The van der Waals surface area contributed by atoms with Gasteiger partial charge in [0.1, 0.15) is 11.2 Å². The van der Waals surface area contributed by atoms with Gasteiger partial charge in [0.15, 0.2) is 0 Å². The van der Waals surface area contributed by atoms with Crippen LogP contribution in [-0.4, -0.2) is 20.2 Å². The average Bonchev–Trinajstić information content (AvgIpc) is 2.62. The van der Waals surface area contributed by atoms with E-state index in [-0.39, 0.29) is 24.8 Å². The van der Waals surface area contributed by atoms with Crippen molar-refractivity contribution in [2.75, 3.05) is 0 Å². The Morgan fingerprint density at radius 3 is 2.65 bits per heavy atom. The van der Waals surface area contributed by atoms with Crippen LogP contribution in [0.1, 0.15) is 11.3 Å². The van der Waals surface area contributed by atoms with Crippen LogP contribution in [0.5, 0.6) is 0 Å². The second kappa shape index (κ2) is 5.08. The Bertz CT molecular complexity index is 668. The molecule has 0 spiro atoms. The Hall–Kier alpha value is -1.04. The zero-order chi connectivity index (χ0) is 10.4. The quantitative estimate of drug-likeness (QED) is 0.638. The van der Waals surface area contributed by atoms with E-state index in [1.54, 1.807) is 17.7 Å². The zero-order valence-corrected chi connectivity index (χ0v) is 11.6. The predicted molar refractivity (Wildman–Crippen MR) is 74.5 cm³/mol. The molecule has 17 heavy (non-hydrogen) atoms. The first-order valence-electron chi connectivity index (χ1n) is 4.59. The monoisotopic (exact) mass is 288 g/mol. The van der Waals surface area contributed by atoms with Crippen LogP contribution in [-0.2, 0) is 0 Å². The van der Waals surface area contributed by atoms with E-state index < -0.39 is 0 Å². The summed E-state index contributed by atoms with van der Waals surface area (Å²) in [5.41, 5.74) is 3.10. The van der Waals surface area contributed by atoms with Gasteiger partial charge in [0, 0.05) is 11.6 Å². The second-order valence-corrected chi connectivity index (χ2v) is 4.46. The first kappa shape index (κ1) is 14.0. The average molecular weight is 289 g/mol. The highest BCUT2D eigenvalue weighted by Gasteiger charge is 2.11. The molecular weight excluding hydrogens is 279 g/mol. The lowest BCUT2D eigenvalue weighted by atomic mass is 10.1. The van der Waals surface area contributed by atoms with Gasteiger partial charge in [-0.15, -0.1) is 41.2 Å². The number of rotatable bonds is 0. The summed E-state index contributed by atoms with van der Waals surface area (Å²) in [4.78, 5) is 9.25. The Balaban J connectivity index is 0.000000722. The molecule has 0 bridgehead atoms. The second-order valence-electron chi connectivity index (χ2n) is 3.43. The molecule has 0 saturated carbocycles. The number of halogens is 2. The maximum absolute atomic E-state index is 4.30. The molecule has 0 aliphatic carbocycles. The molecule has 3 aromatic rings. The highest BCUT2D eigenvalue weighted by molar-refractivity contribution is 7.25. The van der Waals surface area contributed by atoms with Crippen molar-refractivity contribution in [3.63, 3.8) is 0 Å². The van der Waals surface area contributed by atoms with Crippen molar-refractivity contribution >= 4 is 56.6 Å². The molecule has 0 aromatic carbocycles. The van der Waals surface area contributed by atoms with Crippen molar-refractivity contribution < 1.29 is 0 Å². The van der Waals surface area contributed by atoms with Crippen LogP contribution in [0.15, 0.2) is 12.5 Å². The summed E-state index contributed by atoms with van der Waals surface area (Å²) >= 11 is 1.59. The van der Waals surface area contributed by atoms with E-state index >= 15 is 0 Å². The summed E-state index contributed by atoms with van der Waals surface area (Å²) in [6, 6.07) is 0. The lowest BCUT2D eigenvalue weighted by molar-refractivity contribution is 1.01. The highest BCUT2D eigenvalue weighted by Crippen LogP contribution is 2.32. The van der Waals surface area contributed by atoms with Gasteiger partial charge >= 0.3 is 0 Å². The van der Waals surface area contributed by atoms with Crippen LogP contribution in [0, 0.1) is 13.8 Å². The molecule has 0 fully saturated rings. The van der Waals surface area contributed by atoms with Crippen molar-refractivity contribution in [3.05, 3.63) is 23.8 Å². The molecule has 0 radical (unpaired) electrons. The van der Waals surface area contributed by atoms with Crippen molar-refractivity contribution in [1.82, 2.24) is 20.2 Å². The molecule has 0 aliphatic heterocycles. The van der Waals surface area contributed by atoms with E-state index in [4.69, 9.17) is 0 Å². The van der Waals surface area contributed by atoms with E-state index in [1.807, 2.05) is 13.1 Å². The molecule has 0 saturated heterocycles. The Kier molecular flexibility index (Phi) is 4.19. The van der Waals surface area contributed by atoms with Crippen LogP contribution in [0.25, 0.3) is 20.4 Å². The highest BCUT2D eigenvalue weighted by atomic mass is 35.5. The van der Waals surface area contributed by atoms with E-state index in [1.165, 1.54) is 0 Å². The lowest BCUT2D eigenvalue weighted by Crippen LogP contribution is -1.90. The van der Waals surface area contributed by atoms with Gasteiger partial charge < -0.3 is 0 Å². The maximum Gasteiger partial charge on any atom is 0.149 e. The Morgan fingerprint density at radius 1 is 1.12 bits per heavy atom. The fourth-order valence-electron chi connectivity index (χ4n) is 1.62. The first-order chi connectivity index (χ1) is 7.27. The lowest BCUT2D eigenvalue weighted by Gasteiger charge is -1.98. The van der Waals surface area contributed by atoms with Gasteiger partial charge in [-0.1, -0.05) is 0 Å². The first-order valence-corrected chi connectivity index (χ1v) is 5.41. The van der Waals surface area contributed by atoms with Gasteiger partial charge in [0.05, 0.1) is 15.9 Å². The molecule has 0 amide bonds. The molecule has 0 atom stereocenters. The minimum Gasteiger partial charge on any atom is -0.243 e. The summed E-state index contributed by atoms with van der Waals surface area (Å²) in [6.45, 7) is 4.02. The molecule has 3 aromatic heterocycles. The fraction of sp³-hybridized carbons (Fsp3) is 0.200. The minimum absolute atomic E-state index is 0. The zero-order valence-electron chi connectivity index (χ0n) is 9.17. The standard InChI is InChI=1S/C10H8N4S.2ClH/c1-5-6(2)13-14-10-8(5)9-7(15-10)3-11-4-12-9;;/h3-4H,1-2H3;2*1H. The largest absolute Gasteiger partial charge is 0.243 e. The summed E-state index contributed by atoms with van der Waals surface area (Å²) in [5.74, 6) is 0. The third-order valence-corrected chi connectivity index (χ3v) is 3.54. The third kappa shape index (κ3) is 2.06. The minimum atomic E-state index is 0. The molecule has 0 aliphatic rings. The molecular formula is C10H10Cl2N4S. The maximum atomic E-state index is 4.30. The van der Waals surface area contributed by atoms with E-state index in [0.29, 0.717) is 0 Å². The van der Waals surface area contributed by atoms with E-state index in [9.17, 15) is 0 Å². The third-order valence-electron chi connectivity index (χ3n) is 2.54. The SMILES string of the molecule is Cc1nnc2sc3cncnc3c2c1C.Cl.Cl. The Morgan fingerprint density at radius 2 is 1.88 bits per heavy atom. The van der Waals surface area contributed by atoms with E-state index in [2.05, 4.69) is 27.1 Å². The van der Waals surface area contributed by atoms with Gasteiger partial charge in [-0.2, -0.15) is 5.10 Å². The summed E-state index contributed by atoms with van der Waals surface area (Å²) < 4.78 is 1.07. The van der Waals surface area contributed by atoms with Gasteiger partial charge in [0.25, 0.3) is 0 Å². The predicted octanol–water partition coefficient (Wildman–Crippen LogP) is 3.09. The number of fused-ring (bicyclic) bond motifs is 3. The Labute approximate surface area is 114 Å². The van der Waals surface area contributed by atoms with Crippen molar-refractivity contribution in [2.45, 2.75) is 13.8 Å². The number of hydrogen-bond acceptors (Lipinski definition) is 5.